The number of carbonyl (C=O) groups is 1. The molecule has 23 heavy (non-hydrogen) atoms. The summed E-state index contributed by atoms with van der Waals surface area (Å²) in [6.07, 6.45) is 2.06. The first-order valence-corrected chi connectivity index (χ1v) is 8.98. The van der Waals surface area contributed by atoms with Crippen LogP contribution in [-0.2, 0) is 4.74 Å². The van der Waals surface area contributed by atoms with Crippen molar-refractivity contribution in [1.82, 2.24) is 4.90 Å². The number of amides is 2. The molecule has 0 unspecified atom stereocenters. The second kappa shape index (κ2) is 6.88. The number of nitrogens with one attached hydrogen (secondary N) is 1. The molecule has 3 rings (SSSR count). The highest BCUT2D eigenvalue weighted by molar-refractivity contribution is 7.98. The maximum atomic E-state index is 12.6. The van der Waals surface area contributed by atoms with Gasteiger partial charge in [-0.3, -0.25) is 0 Å². The number of benzene rings is 1. The largest absolute Gasteiger partial charge is 0.486 e. The molecular formula is C16H22N2O4S. The Hall–Kier alpha value is -1.60. The van der Waals surface area contributed by atoms with Crippen LogP contribution in [0.4, 0.5) is 10.5 Å². The maximum Gasteiger partial charge on any atom is 0.322 e. The van der Waals surface area contributed by atoms with Crippen LogP contribution in [0.2, 0.25) is 0 Å². The fourth-order valence-electron chi connectivity index (χ4n) is 2.87. The van der Waals surface area contributed by atoms with E-state index < -0.39 is 0 Å². The van der Waals surface area contributed by atoms with Gasteiger partial charge in [-0.15, -0.1) is 11.8 Å². The first-order chi connectivity index (χ1) is 11.1. The summed E-state index contributed by atoms with van der Waals surface area (Å²) < 4.78 is 16.9. The van der Waals surface area contributed by atoms with Crippen molar-refractivity contribution in [2.24, 2.45) is 0 Å². The van der Waals surface area contributed by atoms with Crippen molar-refractivity contribution >= 4 is 23.5 Å². The van der Waals surface area contributed by atoms with E-state index in [9.17, 15) is 4.79 Å². The van der Waals surface area contributed by atoms with E-state index in [4.69, 9.17) is 14.2 Å². The quantitative estimate of drug-likeness (QED) is 0.840. The molecule has 2 heterocycles. The van der Waals surface area contributed by atoms with Gasteiger partial charge in [-0.05, 0) is 26.2 Å². The summed E-state index contributed by atoms with van der Waals surface area (Å²) in [5.74, 6) is 1.40. The number of nitrogens with zero attached hydrogens (tertiary/aromatic N) is 1. The van der Waals surface area contributed by atoms with Gasteiger partial charge in [-0.25, -0.2) is 4.79 Å². The van der Waals surface area contributed by atoms with Gasteiger partial charge in [0, 0.05) is 24.1 Å². The van der Waals surface area contributed by atoms with Crippen molar-refractivity contribution in [3.63, 3.8) is 0 Å². The number of anilines is 1. The molecule has 1 aromatic carbocycles. The molecule has 6 nitrogen and oxygen atoms in total. The molecule has 126 valence electrons. The molecule has 0 bridgehead atoms. The summed E-state index contributed by atoms with van der Waals surface area (Å²) in [6, 6.07) is 3.64. The van der Waals surface area contributed by atoms with Gasteiger partial charge < -0.3 is 24.4 Å². The minimum Gasteiger partial charge on any atom is -0.486 e. The third-order valence-corrected chi connectivity index (χ3v) is 4.59. The standard InChI is InChI=1S/C16H22N2O4S/c1-10-8-18(9-11(2)22-10)16(19)17-12-6-13-14(7-15(12)23-3)21-5-4-20-13/h6-7,10-11H,4-5,8-9H2,1-3H3,(H,17,19)/t10-,11+. The topological polar surface area (TPSA) is 60.0 Å². The Bertz CT molecular complexity index is 586. The number of hydrogen-bond donors (Lipinski definition) is 1. The van der Waals surface area contributed by atoms with E-state index in [0.717, 1.165) is 16.3 Å². The minimum atomic E-state index is -0.112. The van der Waals surface area contributed by atoms with E-state index in [1.54, 1.807) is 16.7 Å². The summed E-state index contributed by atoms with van der Waals surface area (Å²) in [4.78, 5) is 15.3. The van der Waals surface area contributed by atoms with Crippen LogP contribution < -0.4 is 14.8 Å². The fraction of sp³-hybridized carbons (Fsp3) is 0.562. The number of rotatable bonds is 2. The molecule has 1 aromatic rings. The predicted octanol–water partition coefficient (Wildman–Crippen LogP) is 2.82. The molecule has 1 saturated heterocycles. The van der Waals surface area contributed by atoms with Crippen LogP contribution in [-0.4, -0.2) is 55.7 Å². The SMILES string of the molecule is CSc1cc2c(cc1NC(=O)N1C[C@@H](C)O[C@@H](C)C1)OCCO2. The van der Waals surface area contributed by atoms with Crippen LogP contribution in [0.5, 0.6) is 11.5 Å². The third-order valence-electron chi connectivity index (χ3n) is 3.81. The Morgan fingerprint density at radius 3 is 2.39 bits per heavy atom. The summed E-state index contributed by atoms with van der Waals surface area (Å²) in [7, 11) is 0. The number of urea groups is 1. The molecule has 1 N–H and O–H groups in total. The van der Waals surface area contributed by atoms with Gasteiger partial charge in [0.15, 0.2) is 11.5 Å². The van der Waals surface area contributed by atoms with Gasteiger partial charge >= 0.3 is 6.03 Å². The molecule has 2 amide bonds. The number of hydrogen-bond acceptors (Lipinski definition) is 5. The highest BCUT2D eigenvalue weighted by Gasteiger charge is 2.26. The number of ether oxygens (including phenoxy) is 3. The van der Waals surface area contributed by atoms with E-state index in [1.807, 2.05) is 32.2 Å². The van der Waals surface area contributed by atoms with Gasteiger partial charge in [0.25, 0.3) is 0 Å². The minimum absolute atomic E-state index is 0.0461. The molecule has 0 aliphatic carbocycles. The zero-order chi connectivity index (χ0) is 16.4. The second-order valence-electron chi connectivity index (χ2n) is 5.79. The van der Waals surface area contributed by atoms with Crippen LogP contribution in [0.1, 0.15) is 13.8 Å². The Balaban J connectivity index is 1.77. The van der Waals surface area contributed by atoms with Crippen LogP contribution in [0.25, 0.3) is 0 Å². The molecule has 1 fully saturated rings. The van der Waals surface area contributed by atoms with Gasteiger partial charge in [0.05, 0.1) is 17.9 Å². The van der Waals surface area contributed by atoms with Crippen LogP contribution in [0.15, 0.2) is 17.0 Å². The van der Waals surface area contributed by atoms with Crippen molar-refractivity contribution in [3.8, 4) is 11.5 Å². The van der Waals surface area contributed by atoms with Crippen molar-refractivity contribution in [2.45, 2.75) is 31.0 Å². The van der Waals surface area contributed by atoms with Crippen LogP contribution in [0, 0.1) is 0 Å². The highest BCUT2D eigenvalue weighted by Crippen LogP contribution is 2.39. The van der Waals surface area contributed by atoms with E-state index in [0.29, 0.717) is 32.1 Å². The van der Waals surface area contributed by atoms with Crippen LogP contribution >= 0.6 is 11.8 Å². The summed E-state index contributed by atoms with van der Waals surface area (Å²) in [5, 5.41) is 3.00. The molecule has 0 radical (unpaired) electrons. The average Bonchev–Trinajstić information content (AvgIpc) is 2.53. The zero-order valence-corrected chi connectivity index (χ0v) is 14.4. The summed E-state index contributed by atoms with van der Waals surface area (Å²) in [5.41, 5.74) is 0.749. The lowest BCUT2D eigenvalue weighted by molar-refractivity contribution is -0.0530. The van der Waals surface area contributed by atoms with E-state index in [1.165, 1.54) is 0 Å². The lowest BCUT2D eigenvalue weighted by Crippen LogP contribution is -2.49. The lowest BCUT2D eigenvalue weighted by atomic mass is 10.2. The third kappa shape index (κ3) is 3.67. The first kappa shape index (κ1) is 16.3. The summed E-state index contributed by atoms with van der Waals surface area (Å²) in [6.45, 7) is 6.22. The Labute approximate surface area is 140 Å². The molecule has 2 atom stereocenters. The van der Waals surface area contributed by atoms with Crippen molar-refractivity contribution in [2.75, 3.05) is 37.9 Å². The molecule has 0 aromatic heterocycles. The van der Waals surface area contributed by atoms with Crippen molar-refractivity contribution in [3.05, 3.63) is 12.1 Å². The smallest absolute Gasteiger partial charge is 0.322 e. The molecule has 7 heteroatoms. The van der Waals surface area contributed by atoms with Crippen molar-refractivity contribution < 1.29 is 19.0 Å². The van der Waals surface area contributed by atoms with Crippen molar-refractivity contribution in [1.29, 1.82) is 0 Å². The van der Waals surface area contributed by atoms with E-state index in [2.05, 4.69) is 5.32 Å². The van der Waals surface area contributed by atoms with E-state index in [-0.39, 0.29) is 18.2 Å². The predicted molar refractivity (Wildman–Crippen MR) is 89.8 cm³/mol. The second-order valence-corrected chi connectivity index (χ2v) is 6.64. The Morgan fingerprint density at radius 2 is 1.78 bits per heavy atom. The normalized spacial score (nSPS) is 23.5. The van der Waals surface area contributed by atoms with Gasteiger partial charge in [0.2, 0.25) is 0 Å². The Kier molecular flexibility index (Phi) is 4.87. The van der Waals surface area contributed by atoms with E-state index >= 15 is 0 Å². The van der Waals surface area contributed by atoms with Crippen LogP contribution in [0.3, 0.4) is 0 Å². The first-order valence-electron chi connectivity index (χ1n) is 7.76. The van der Waals surface area contributed by atoms with Gasteiger partial charge in [0.1, 0.15) is 13.2 Å². The number of thioether (sulfide) groups is 1. The molecule has 2 aliphatic heterocycles. The Morgan fingerprint density at radius 1 is 1.17 bits per heavy atom. The summed E-state index contributed by atoms with van der Waals surface area (Å²) >= 11 is 1.56. The molecular weight excluding hydrogens is 316 g/mol. The molecule has 0 saturated carbocycles. The monoisotopic (exact) mass is 338 g/mol. The lowest BCUT2D eigenvalue weighted by Gasteiger charge is -2.35. The number of morpholine rings is 1. The number of fused-ring (bicyclic) bond motifs is 1. The zero-order valence-electron chi connectivity index (χ0n) is 13.6. The fourth-order valence-corrected chi connectivity index (χ4v) is 3.43. The molecule has 2 aliphatic rings. The maximum absolute atomic E-state index is 12.6. The molecule has 0 spiro atoms. The highest BCUT2D eigenvalue weighted by atomic mass is 32.2. The van der Waals surface area contributed by atoms with Gasteiger partial charge in [-0.1, -0.05) is 0 Å². The number of carbonyl (C=O) groups excluding carboxylic acids is 1. The average molecular weight is 338 g/mol. The van der Waals surface area contributed by atoms with Gasteiger partial charge in [-0.2, -0.15) is 0 Å².